The number of fused-ring (bicyclic) bond motifs is 1. The number of ether oxygens (including phenoxy) is 1. The molecule has 0 radical (unpaired) electrons. The van der Waals surface area contributed by atoms with E-state index in [1.807, 2.05) is 36.4 Å². The van der Waals surface area contributed by atoms with Crippen LogP contribution in [0.1, 0.15) is 18.9 Å². The predicted molar refractivity (Wildman–Crippen MR) is 109 cm³/mol. The summed E-state index contributed by atoms with van der Waals surface area (Å²) in [4.78, 5) is 7.14. The van der Waals surface area contributed by atoms with Crippen LogP contribution in [-0.4, -0.2) is 46.7 Å². The van der Waals surface area contributed by atoms with E-state index in [9.17, 15) is 4.39 Å². The minimum atomic E-state index is -0.228. The van der Waals surface area contributed by atoms with Gasteiger partial charge in [0, 0.05) is 32.1 Å². The Morgan fingerprint density at radius 2 is 1.96 bits per heavy atom. The van der Waals surface area contributed by atoms with Crippen molar-refractivity contribution in [2.45, 2.75) is 26.0 Å². The molecule has 2 N–H and O–H groups in total. The van der Waals surface area contributed by atoms with E-state index in [-0.39, 0.29) is 11.9 Å². The third-order valence-corrected chi connectivity index (χ3v) is 5.49. The highest BCUT2D eigenvalue weighted by molar-refractivity contribution is 5.76. The number of rotatable bonds is 6. The van der Waals surface area contributed by atoms with Crippen molar-refractivity contribution in [3.8, 4) is 6.01 Å². The van der Waals surface area contributed by atoms with Gasteiger partial charge in [0.25, 0.3) is 6.01 Å². The zero-order valence-corrected chi connectivity index (χ0v) is 16.2. The Balaban J connectivity index is 1.59. The number of benzene rings is 2. The molecule has 1 saturated heterocycles. The number of nitrogens with two attached hydrogens (primary N) is 1. The second-order valence-electron chi connectivity index (χ2n) is 7.61. The zero-order valence-electron chi connectivity index (χ0n) is 16.2. The SMILES string of the molecule is CC1CN(CCN)CCC1Oc1nc2ccccc2n1Cc1ccc(F)cc1. The van der Waals surface area contributed by atoms with E-state index in [1.54, 1.807) is 0 Å². The highest BCUT2D eigenvalue weighted by Crippen LogP contribution is 2.27. The Labute approximate surface area is 164 Å². The van der Waals surface area contributed by atoms with E-state index in [0.29, 0.717) is 25.0 Å². The fourth-order valence-electron chi connectivity index (χ4n) is 3.98. The number of imidazole rings is 1. The van der Waals surface area contributed by atoms with Crippen LogP contribution in [0.25, 0.3) is 11.0 Å². The fourth-order valence-corrected chi connectivity index (χ4v) is 3.98. The van der Waals surface area contributed by atoms with Gasteiger partial charge in [-0.05, 0) is 36.2 Å². The van der Waals surface area contributed by atoms with Gasteiger partial charge in [-0.3, -0.25) is 4.57 Å². The summed E-state index contributed by atoms with van der Waals surface area (Å²) in [5, 5.41) is 0. The lowest BCUT2D eigenvalue weighted by atomic mass is 9.96. The van der Waals surface area contributed by atoms with Crippen molar-refractivity contribution in [2.75, 3.05) is 26.2 Å². The maximum Gasteiger partial charge on any atom is 0.297 e. The van der Waals surface area contributed by atoms with Crippen molar-refractivity contribution in [3.05, 3.63) is 59.9 Å². The number of halogens is 1. The highest BCUT2D eigenvalue weighted by Gasteiger charge is 2.28. The smallest absolute Gasteiger partial charge is 0.297 e. The number of para-hydroxylation sites is 2. The Bertz CT molecular complexity index is 924. The van der Waals surface area contributed by atoms with Gasteiger partial charge in [0.05, 0.1) is 17.6 Å². The van der Waals surface area contributed by atoms with Crippen LogP contribution in [0, 0.1) is 11.7 Å². The number of piperidine rings is 1. The van der Waals surface area contributed by atoms with Crippen LogP contribution in [0.5, 0.6) is 6.01 Å². The predicted octanol–water partition coefficient (Wildman–Crippen LogP) is 3.27. The molecule has 2 aromatic carbocycles. The van der Waals surface area contributed by atoms with Crippen LogP contribution >= 0.6 is 0 Å². The molecule has 1 aliphatic heterocycles. The molecule has 0 amide bonds. The standard InChI is InChI=1S/C22H27FN4O/c1-16-14-26(13-11-24)12-10-21(16)28-22-25-19-4-2-3-5-20(19)27(22)15-17-6-8-18(23)9-7-17/h2-9,16,21H,10-15,24H2,1H3. The third-order valence-electron chi connectivity index (χ3n) is 5.49. The third kappa shape index (κ3) is 4.03. The van der Waals surface area contributed by atoms with Gasteiger partial charge < -0.3 is 15.4 Å². The number of hydrogen-bond acceptors (Lipinski definition) is 4. The molecule has 148 valence electrons. The topological polar surface area (TPSA) is 56.3 Å². The van der Waals surface area contributed by atoms with Gasteiger partial charge in [-0.1, -0.05) is 31.2 Å². The van der Waals surface area contributed by atoms with Crippen LogP contribution in [0.15, 0.2) is 48.5 Å². The van der Waals surface area contributed by atoms with Gasteiger partial charge >= 0.3 is 0 Å². The quantitative estimate of drug-likeness (QED) is 0.711. The first-order chi connectivity index (χ1) is 13.6. The molecule has 0 aliphatic carbocycles. The molecule has 3 aromatic rings. The van der Waals surface area contributed by atoms with Gasteiger partial charge in [0.15, 0.2) is 0 Å². The lowest BCUT2D eigenvalue weighted by Crippen LogP contribution is -2.46. The Morgan fingerprint density at radius 3 is 2.71 bits per heavy atom. The summed E-state index contributed by atoms with van der Waals surface area (Å²) >= 11 is 0. The van der Waals surface area contributed by atoms with Crippen LogP contribution in [0.4, 0.5) is 4.39 Å². The minimum absolute atomic E-state index is 0.123. The summed E-state index contributed by atoms with van der Waals surface area (Å²) < 4.78 is 21.8. The Kier molecular flexibility index (Phi) is 5.59. The van der Waals surface area contributed by atoms with E-state index in [2.05, 4.69) is 16.4 Å². The number of likely N-dealkylation sites (tertiary alicyclic amines) is 1. The van der Waals surface area contributed by atoms with Gasteiger partial charge in [0.2, 0.25) is 0 Å². The highest BCUT2D eigenvalue weighted by atomic mass is 19.1. The Morgan fingerprint density at radius 1 is 1.18 bits per heavy atom. The van der Waals surface area contributed by atoms with Crippen molar-refractivity contribution in [1.82, 2.24) is 14.5 Å². The lowest BCUT2D eigenvalue weighted by Gasteiger charge is -2.36. The summed E-state index contributed by atoms with van der Waals surface area (Å²) in [6.45, 7) is 6.41. The molecule has 1 fully saturated rings. The first-order valence-electron chi connectivity index (χ1n) is 9.93. The normalized spacial score (nSPS) is 20.5. The molecule has 4 rings (SSSR count). The van der Waals surface area contributed by atoms with Crippen LogP contribution in [0.2, 0.25) is 0 Å². The molecule has 1 aliphatic rings. The van der Waals surface area contributed by atoms with E-state index < -0.39 is 0 Å². The fraction of sp³-hybridized carbons (Fsp3) is 0.409. The maximum atomic E-state index is 13.3. The largest absolute Gasteiger partial charge is 0.461 e. The molecule has 2 heterocycles. The first-order valence-corrected chi connectivity index (χ1v) is 9.93. The van der Waals surface area contributed by atoms with Gasteiger partial charge in [-0.25, -0.2) is 4.39 Å². The van der Waals surface area contributed by atoms with Crippen molar-refractivity contribution in [3.63, 3.8) is 0 Å². The van der Waals surface area contributed by atoms with Gasteiger partial charge in [-0.15, -0.1) is 0 Å². The first kappa shape index (κ1) is 18.9. The Hall–Kier alpha value is -2.44. The van der Waals surface area contributed by atoms with Crippen molar-refractivity contribution in [1.29, 1.82) is 0 Å². The van der Waals surface area contributed by atoms with E-state index >= 15 is 0 Å². The molecule has 1 aromatic heterocycles. The number of hydrogen-bond donors (Lipinski definition) is 1. The molecule has 5 nitrogen and oxygen atoms in total. The molecule has 0 saturated carbocycles. The molecule has 0 bridgehead atoms. The minimum Gasteiger partial charge on any atom is -0.461 e. The average Bonchev–Trinajstić information content (AvgIpc) is 3.03. The molecule has 2 unspecified atom stereocenters. The van der Waals surface area contributed by atoms with Crippen molar-refractivity contribution >= 4 is 11.0 Å². The van der Waals surface area contributed by atoms with E-state index in [4.69, 9.17) is 15.5 Å². The molecule has 0 spiro atoms. The monoisotopic (exact) mass is 382 g/mol. The van der Waals surface area contributed by atoms with Crippen molar-refractivity contribution < 1.29 is 9.13 Å². The molecule has 6 heteroatoms. The van der Waals surface area contributed by atoms with Crippen LogP contribution in [0.3, 0.4) is 0 Å². The number of aromatic nitrogens is 2. The molecule has 28 heavy (non-hydrogen) atoms. The summed E-state index contributed by atoms with van der Waals surface area (Å²) in [6, 6.07) is 15.3. The number of nitrogens with zero attached hydrogens (tertiary/aromatic N) is 3. The summed E-state index contributed by atoms with van der Waals surface area (Å²) in [5.74, 6) is 0.174. The summed E-state index contributed by atoms with van der Waals surface area (Å²) in [5.41, 5.74) is 8.65. The average molecular weight is 382 g/mol. The van der Waals surface area contributed by atoms with Gasteiger partial charge in [-0.2, -0.15) is 4.98 Å². The molecular weight excluding hydrogens is 355 g/mol. The second kappa shape index (κ2) is 8.29. The van der Waals surface area contributed by atoms with E-state index in [0.717, 1.165) is 42.7 Å². The maximum absolute atomic E-state index is 13.3. The molecule has 2 atom stereocenters. The van der Waals surface area contributed by atoms with Gasteiger partial charge in [0.1, 0.15) is 11.9 Å². The lowest BCUT2D eigenvalue weighted by molar-refractivity contribution is 0.0454. The second-order valence-corrected chi connectivity index (χ2v) is 7.61. The van der Waals surface area contributed by atoms with Crippen LogP contribution in [-0.2, 0) is 6.54 Å². The summed E-state index contributed by atoms with van der Waals surface area (Å²) in [6.07, 6.45) is 1.08. The van der Waals surface area contributed by atoms with Crippen molar-refractivity contribution in [2.24, 2.45) is 11.7 Å². The zero-order chi connectivity index (χ0) is 19.5. The molecular formula is C22H27FN4O. The van der Waals surface area contributed by atoms with Crippen LogP contribution < -0.4 is 10.5 Å². The van der Waals surface area contributed by atoms with E-state index in [1.165, 1.54) is 12.1 Å². The summed E-state index contributed by atoms with van der Waals surface area (Å²) in [7, 11) is 0.